The molecule has 14 nitrogen and oxygen atoms in total. The van der Waals surface area contributed by atoms with E-state index in [2.05, 4.69) is 19.9 Å². The fraction of sp³-hybridized carbons (Fsp3) is 0.0714. The van der Waals surface area contributed by atoms with Crippen molar-refractivity contribution in [3.05, 3.63) is 108 Å². The van der Waals surface area contributed by atoms with Crippen molar-refractivity contribution in [2.45, 2.75) is 13.1 Å². The Balaban J connectivity index is 0.000000175. The van der Waals surface area contributed by atoms with Crippen LogP contribution >= 0.6 is 0 Å². The summed E-state index contributed by atoms with van der Waals surface area (Å²) in [6, 6.07) is 20.3. The molecule has 0 atom stereocenters. The van der Waals surface area contributed by atoms with Crippen molar-refractivity contribution < 1.29 is 29.7 Å². The molecule has 0 unspecified atom stereocenters. The van der Waals surface area contributed by atoms with Crippen LogP contribution in [0.4, 0.5) is 0 Å². The molecule has 2 aromatic carbocycles. The number of amides is 2. The Morgan fingerprint density at radius 2 is 1.14 bits per heavy atom. The van der Waals surface area contributed by atoms with E-state index in [-0.39, 0.29) is 11.4 Å². The molecule has 0 aliphatic rings. The van der Waals surface area contributed by atoms with E-state index in [0.717, 1.165) is 16.6 Å². The normalized spacial score (nSPS) is 10.8. The van der Waals surface area contributed by atoms with E-state index in [4.69, 9.17) is 31.6 Å². The van der Waals surface area contributed by atoms with Gasteiger partial charge in [0.25, 0.3) is 11.8 Å². The largest absolute Gasteiger partial charge is 0.488 e. The minimum absolute atomic E-state index is 0.180. The average molecular weight is 592 g/mol. The minimum atomic E-state index is -1.48. The second-order valence-corrected chi connectivity index (χ2v) is 9.78. The molecule has 6 rings (SSSR count). The molecule has 0 spiro atoms. The van der Waals surface area contributed by atoms with Crippen LogP contribution in [0.5, 0.6) is 0 Å². The van der Waals surface area contributed by atoms with Gasteiger partial charge >= 0.3 is 14.2 Å². The quantitative estimate of drug-likeness (QED) is 0.112. The Morgan fingerprint density at radius 1 is 0.636 bits per heavy atom. The lowest BCUT2D eigenvalue weighted by atomic mass is 9.80. The summed E-state index contributed by atoms with van der Waals surface area (Å²) in [6.07, 6.45) is 3.27. The smallest absolute Gasteiger partial charge is 0.423 e. The molecule has 6 aromatic rings. The maximum Gasteiger partial charge on any atom is 0.488 e. The number of benzene rings is 2. The second kappa shape index (κ2) is 12.8. The molecule has 8 N–H and O–H groups in total. The summed E-state index contributed by atoms with van der Waals surface area (Å²) in [7, 11) is -2.96. The fourth-order valence-electron chi connectivity index (χ4n) is 4.39. The summed E-state index contributed by atoms with van der Waals surface area (Å²) < 4.78 is 3.68. The molecule has 0 saturated carbocycles. The molecule has 0 aliphatic heterocycles. The number of fused-ring (bicyclic) bond motifs is 2. The highest BCUT2D eigenvalue weighted by Crippen LogP contribution is 2.15. The van der Waals surface area contributed by atoms with Crippen LogP contribution in [-0.2, 0) is 13.1 Å². The van der Waals surface area contributed by atoms with Gasteiger partial charge in [0, 0.05) is 6.54 Å². The van der Waals surface area contributed by atoms with Gasteiger partial charge in [0.05, 0.1) is 24.7 Å². The van der Waals surface area contributed by atoms with E-state index >= 15 is 0 Å². The van der Waals surface area contributed by atoms with Crippen LogP contribution in [0.3, 0.4) is 0 Å². The van der Waals surface area contributed by atoms with Crippen LogP contribution in [0.1, 0.15) is 32.1 Å². The van der Waals surface area contributed by atoms with E-state index < -0.39 is 26.1 Å². The number of nitrogens with two attached hydrogens (primary N) is 2. The summed E-state index contributed by atoms with van der Waals surface area (Å²) in [4.78, 5) is 39.1. The number of carbonyl (C=O) groups is 2. The number of aromatic nitrogens is 6. The fourth-order valence-corrected chi connectivity index (χ4v) is 4.39. The molecule has 0 aliphatic carbocycles. The lowest BCUT2D eigenvalue weighted by molar-refractivity contribution is 0.0987. The van der Waals surface area contributed by atoms with Crippen LogP contribution in [-0.4, -0.2) is 75.2 Å². The van der Waals surface area contributed by atoms with E-state index in [9.17, 15) is 9.59 Å². The van der Waals surface area contributed by atoms with Crippen molar-refractivity contribution in [2.75, 3.05) is 0 Å². The molecule has 2 amide bonds. The topological polar surface area (TPSA) is 229 Å². The third kappa shape index (κ3) is 6.79. The van der Waals surface area contributed by atoms with Crippen molar-refractivity contribution in [1.29, 1.82) is 0 Å². The number of imidazole rings is 2. The first-order chi connectivity index (χ1) is 21.1. The first-order valence-corrected chi connectivity index (χ1v) is 13.2. The van der Waals surface area contributed by atoms with Crippen molar-refractivity contribution in [3.8, 4) is 0 Å². The molecular formula is C28H26B2N8O6. The third-order valence-corrected chi connectivity index (χ3v) is 6.71. The van der Waals surface area contributed by atoms with Gasteiger partial charge in [-0.05, 0) is 46.3 Å². The van der Waals surface area contributed by atoms with Crippen LogP contribution in [0.15, 0.2) is 85.5 Å². The summed E-state index contributed by atoms with van der Waals surface area (Å²) in [6.45, 7) is 1.05. The van der Waals surface area contributed by atoms with Crippen molar-refractivity contribution >= 4 is 59.3 Å². The van der Waals surface area contributed by atoms with Crippen LogP contribution in [0.25, 0.3) is 22.3 Å². The van der Waals surface area contributed by atoms with E-state index in [1.54, 1.807) is 77.9 Å². The van der Waals surface area contributed by atoms with Gasteiger partial charge in [-0.1, -0.05) is 48.5 Å². The van der Waals surface area contributed by atoms with Gasteiger partial charge in [-0.25, -0.2) is 19.9 Å². The van der Waals surface area contributed by atoms with Gasteiger partial charge in [0.2, 0.25) is 0 Å². The predicted molar refractivity (Wildman–Crippen MR) is 163 cm³/mol. The number of pyridine rings is 2. The number of rotatable bonds is 8. The lowest BCUT2D eigenvalue weighted by Gasteiger charge is -2.06. The summed E-state index contributed by atoms with van der Waals surface area (Å²) >= 11 is 0. The van der Waals surface area contributed by atoms with Gasteiger partial charge < -0.3 is 40.7 Å². The van der Waals surface area contributed by atoms with Crippen LogP contribution < -0.4 is 22.4 Å². The van der Waals surface area contributed by atoms with E-state index in [0.29, 0.717) is 40.8 Å². The van der Waals surface area contributed by atoms with Crippen LogP contribution in [0, 0.1) is 0 Å². The summed E-state index contributed by atoms with van der Waals surface area (Å²) in [5.74, 6) is -1.18. The van der Waals surface area contributed by atoms with E-state index in [1.807, 2.05) is 16.7 Å². The first-order valence-electron chi connectivity index (χ1n) is 13.2. The number of carbonyl (C=O) groups excluding carboxylic acids is 2. The number of hydrogen-bond donors (Lipinski definition) is 6. The number of hydrogen-bond acceptors (Lipinski definition) is 10. The maximum atomic E-state index is 11.2. The molecule has 220 valence electrons. The molecular weight excluding hydrogens is 566 g/mol. The molecule has 16 heteroatoms. The zero-order valence-electron chi connectivity index (χ0n) is 23.1. The Kier molecular flexibility index (Phi) is 8.78. The Morgan fingerprint density at radius 3 is 1.68 bits per heavy atom. The second-order valence-electron chi connectivity index (χ2n) is 9.78. The van der Waals surface area contributed by atoms with E-state index in [1.165, 1.54) is 0 Å². The molecule has 44 heavy (non-hydrogen) atoms. The molecule has 0 fully saturated rings. The molecule has 0 bridgehead atoms. The van der Waals surface area contributed by atoms with Crippen molar-refractivity contribution in [3.63, 3.8) is 0 Å². The zero-order valence-corrected chi connectivity index (χ0v) is 23.1. The molecule has 4 aromatic heterocycles. The monoisotopic (exact) mass is 592 g/mol. The highest BCUT2D eigenvalue weighted by Gasteiger charge is 2.13. The van der Waals surface area contributed by atoms with Crippen molar-refractivity contribution in [1.82, 2.24) is 29.1 Å². The highest BCUT2D eigenvalue weighted by atomic mass is 16.4. The van der Waals surface area contributed by atoms with Gasteiger partial charge in [-0.3, -0.25) is 9.59 Å². The highest BCUT2D eigenvalue weighted by molar-refractivity contribution is 6.58. The third-order valence-electron chi connectivity index (χ3n) is 6.71. The summed E-state index contributed by atoms with van der Waals surface area (Å²) in [5.41, 5.74) is 16.1. The number of nitrogens with zero attached hydrogens (tertiary/aromatic N) is 6. The number of primary amides is 2. The van der Waals surface area contributed by atoms with Crippen molar-refractivity contribution in [2.24, 2.45) is 11.5 Å². The first kappa shape index (κ1) is 30.1. The van der Waals surface area contributed by atoms with Crippen LogP contribution in [0.2, 0.25) is 0 Å². The molecule has 4 heterocycles. The van der Waals surface area contributed by atoms with Gasteiger partial charge in [0.1, 0.15) is 16.9 Å². The summed E-state index contributed by atoms with van der Waals surface area (Å²) in [5, 5.41) is 36.3. The SMILES string of the molecule is NC(=O)c1ccc2c(ncn2Cc2ccc(B(O)O)cc2)n1.NC(=O)c1ccc2ncn(Cc3ccc(B(O)O)cc3)c2n1. The predicted octanol–water partition coefficient (Wildman–Crippen LogP) is -1.48. The Labute approximate surface area is 250 Å². The zero-order chi connectivity index (χ0) is 31.4. The average Bonchev–Trinajstić information content (AvgIpc) is 3.61. The standard InChI is InChI=1S/2C14H13BN4O3/c16-13(20)11-5-6-12-14(18-11)17-8-19(12)7-9-1-3-10(4-2-9)15(21)22;16-13(20)11-5-6-12-14(18-11)19(8-17-12)7-9-1-3-10(4-2-9)15(21)22/h2*1-6,8,21-22H,7H2,(H2,16,20). The van der Waals surface area contributed by atoms with Gasteiger partial charge in [-0.2, -0.15) is 0 Å². The lowest BCUT2D eigenvalue weighted by Crippen LogP contribution is -2.29. The Hall–Kier alpha value is -5.41. The molecule has 0 saturated heterocycles. The molecule has 0 radical (unpaired) electrons. The Bertz CT molecular complexity index is 1940. The minimum Gasteiger partial charge on any atom is -0.423 e. The van der Waals surface area contributed by atoms with Gasteiger partial charge in [-0.15, -0.1) is 0 Å². The van der Waals surface area contributed by atoms with Gasteiger partial charge in [0.15, 0.2) is 11.3 Å². The maximum absolute atomic E-state index is 11.2.